The lowest BCUT2D eigenvalue weighted by atomic mass is 10.2. The lowest BCUT2D eigenvalue weighted by Crippen LogP contribution is -1.96. The number of benzene rings is 1. The standard InChI is InChI=1S/C14H14N4/c15-9-12-13-6-1-2-7-18(13)14(17-12)10-4-3-5-11(16)8-10/h1-8H,9,15-16H2. The van der Waals surface area contributed by atoms with Crippen molar-refractivity contribution in [1.29, 1.82) is 0 Å². The number of nitrogens with zero attached hydrogens (tertiary/aromatic N) is 2. The van der Waals surface area contributed by atoms with E-state index in [1.807, 2.05) is 53.1 Å². The van der Waals surface area contributed by atoms with Crippen LogP contribution in [0.4, 0.5) is 5.69 Å². The summed E-state index contributed by atoms with van der Waals surface area (Å²) in [6.45, 7) is 0.426. The fourth-order valence-electron chi connectivity index (χ4n) is 2.13. The second kappa shape index (κ2) is 4.16. The Balaban J connectivity index is 2.29. The highest BCUT2D eigenvalue weighted by molar-refractivity contribution is 5.67. The summed E-state index contributed by atoms with van der Waals surface area (Å²) in [6.07, 6.45) is 1.99. The Morgan fingerprint density at radius 1 is 1.11 bits per heavy atom. The summed E-state index contributed by atoms with van der Waals surface area (Å²) < 4.78 is 2.04. The van der Waals surface area contributed by atoms with Crippen LogP contribution in [-0.4, -0.2) is 9.38 Å². The van der Waals surface area contributed by atoms with E-state index in [-0.39, 0.29) is 0 Å². The van der Waals surface area contributed by atoms with Gasteiger partial charge >= 0.3 is 0 Å². The molecule has 0 radical (unpaired) electrons. The zero-order valence-electron chi connectivity index (χ0n) is 9.88. The van der Waals surface area contributed by atoms with Crippen molar-refractivity contribution in [2.75, 3.05) is 5.73 Å². The van der Waals surface area contributed by atoms with Crippen LogP contribution in [0.2, 0.25) is 0 Å². The number of anilines is 1. The van der Waals surface area contributed by atoms with E-state index in [0.717, 1.165) is 28.3 Å². The molecule has 0 aliphatic heterocycles. The van der Waals surface area contributed by atoms with Crippen LogP contribution in [0.25, 0.3) is 16.9 Å². The van der Waals surface area contributed by atoms with Crippen LogP contribution < -0.4 is 11.5 Å². The highest BCUT2D eigenvalue weighted by atomic mass is 15.0. The molecule has 4 heteroatoms. The molecule has 2 heterocycles. The molecule has 3 rings (SSSR count). The van der Waals surface area contributed by atoms with Gasteiger partial charge in [-0.3, -0.25) is 4.40 Å². The minimum atomic E-state index is 0.426. The Labute approximate surface area is 105 Å². The zero-order chi connectivity index (χ0) is 12.5. The van der Waals surface area contributed by atoms with E-state index >= 15 is 0 Å². The molecular formula is C14H14N4. The monoisotopic (exact) mass is 238 g/mol. The second-order valence-electron chi connectivity index (χ2n) is 4.17. The number of imidazole rings is 1. The molecule has 0 saturated carbocycles. The van der Waals surface area contributed by atoms with Crippen LogP contribution in [0.3, 0.4) is 0 Å². The first kappa shape index (κ1) is 10.8. The predicted molar refractivity (Wildman–Crippen MR) is 72.9 cm³/mol. The van der Waals surface area contributed by atoms with Gasteiger partial charge in [-0.15, -0.1) is 0 Å². The fourth-order valence-corrected chi connectivity index (χ4v) is 2.13. The number of rotatable bonds is 2. The summed E-state index contributed by atoms with van der Waals surface area (Å²) in [5, 5.41) is 0. The van der Waals surface area contributed by atoms with Crippen molar-refractivity contribution in [3.63, 3.8) is 0 Å². The minimum absolute atomic E-state index is 0.426. The number of aromatic nitrogens is 2. The van der Waals surface area contributed by atoms with Crippen molar-refractivity contribution in [2.24, 2.45) is 5.73 Å². The minimum Gasteiger partial charge on any atom is -0.399 e. The molecule has 0 atom stereocenters. The highest BCUT2D eigenvalue weighted by Crippen LogP contribution is 2.23. The van der Waals surface area contributed by atoms with E-state index in [4.69, 9.17) is 11.5 Å². The number of hydrogen-bond donors (Lipinski definition) is 2. The van der Waals surface area contributed by atoms with Gasteiger partial charge in [-0.05, 0) is 24.3 Å². The third kappa shape index (κ3) is 1.63. The van der Waals surface area contributed by atoms with Crippen molar-refractivity contribution < 1.29 is 0 Å². The van der Waals surface area contributed by atoms with Crippen LogP contribution >= 0.6 is 0 Å². The van der Waals surface area contributed by atoms with Gasteiger partial charge in [-0.2, -0.15) is 0 Å². The van der Waals surface area contributed by atoms with Crippen LogP contribution in [0.15, 0.2) is 48.7 Å². The molecule has 90 valence electrons. The van der Waals surface area contributed by atoms with Crippen molar-refractivity contribution >= 4 is 11.2 Å². The predicted octanol–water partition coefficient (Wildman–Crippen LogP) is 2.04. The third-order valence-corrected chi connectivity index (χ3v) is 2.96. The second-order valence-corrected chi connectivity index (χ2v) is 4.17. The summed E-state index contributed by atoms with van der Waals surface area (Å²) in [6, 6.07) is 13.7. The Morgan fingerprint density at radius 3 is 2.78 bits per heavy atom. The Kier molecular flexibility index (Phi) is 2.50. The fraction of sp³-hybridized carbons (Fsp3) is 0.0714. The van der Waals surface area contributed by atoms with Gasteiger partial charge in [-0.1, -0.05) is 18.2 Å². The number of nitrogen functional groups attached to an aromatic ring is 1. The summed E-state index contributed by atoms with van der Waals surface area (Å²) in [5.41, 5.74) is 15.2. The maximum absolute atomic E-state index is 5.82. The quantitative estimate of drug-likeness (QED) is 0.671. The number of pyridine rings is 1. The molecule has 0 spiro atoms. The van der Waals surface area contributed by atoms with Gasteiger partial charge < -0.3 is 11.5 Å². The van der Waals surface area contributed by atoms with Crippen molar-refractivity contribution in [3.8, 4) is 11.4 Å². The van der Waals surface area contributed by atoms with Gasteiger partial charge in [0.1, 0.15) is 5.82 Å². The highest BCUT2D eigenvalue weighted by Gasteiger charge is 2.10. The summed E-state index contributed by atoms with van der Waals surface area (Å²) in [4.78, 5) is 4.60. The van der Waals surface area contributed by atoms with Gasteiger partial charge in [0.05, 0.1) is 11.2 Å². The number of nitrogens with two attached hydrogens (primary N) is 2. The molecule has 1 aromatic carbocycles. The molecule has 0 fully saturated rings. The average Bonchev–Trinajstić information content (AvgIpc) is 2.77. The first-order valence-corrected chi connectivity index (χ1v) is 5.81. The molecule has 4 N–H and O–H groups in total. The van der Waals surface area contributed by atoms with E-state index in [1.54, 1.807) is 0 Å². The summed E-state index contributed by atoms with van der Waals surface area (Å²) in [5.74, 6) is 0.873. The zero-order valence-corrected chi connectivity index (χ0v) is 9.88. The molecule has 4 nitrogen and oxygen atoms in total. The lowest BCUT2D eigenvalue weighted by Gasteiger charge is -2.01. The maximum atomic E-state index is 5.82. The van der Waals surface area contributed by atoms with Gasteiger partial charge in [-0.25, -0.2) is 4.98 Å². The van der Waals surface area contributed by atoms with Gasteiger partial charge in [0.15, 0.2) is 0 Å². The summed E-state index contributed by atoms with van der Waals surface area (Å²) >= 11 is 0. The van der Waals surface area contributed by atoms with Crippen LogP contribution in [0, 0.1) is 0 Å². The normalized spacial score (nSPS) is 10.9. The first-order valence-electron chi connectivity index (χ1n) is 5.81. The van der Waals surface area contributed by atoms with E-state index < -0.39 is 0 Å². The molecule has 18 heavy (non-hydrogen) atoms. The van der Waals surface area contributed by atoms with Gasteiger partial charge in [0.25, 0.3) is 0 Å². The molecule has 0 bridgehead atoms. The number of hydrogen-bond acceptors (Lipinski definition) is 3. The van der Waals surface area contributed by atoms with Crippen LogP contribution in [-0.2, 0) is 6.54 Å². The number of fused-ring (bicyclic) bond motifs is 1. The molecular weight excluding hydrogens is 224 g/mol. The van der Waals surface area contributed by atoms with Crippen molar-refractivity contribution in [3.05, 3.63) is 54.4 Å². The Hall–Kier alpha value is -2.33. The Bertz CT molecular complexity index is 700. The van der Waals surface area contributed by atoms with Crippen LogP contribution in [0.5, 0.6) is 0 Å². The molecule has 0 aliphatic carbocycles. The first-order chi connectivity index (χ1) is 8.79. The molecule has 0 saturated heterocycles. The largest absolute Gasteiger partial charge is 0.399 e. The van der Waals surface area contributed by atoms with E-state index in [2.05, 4.69) is 4.98 Å². The maximum Gasteiger partial charge on any atom is 0.144 e. The molecule has 3 aromatic rings. The third-order valence-electron chi connectivity index (χ3n) is 2.96. The van der Waals surface area contributed by atoms with E-state index in [9.17, 15) is 0 Å². The van der Waals surface area contributed by atoms with Gasteiger partial charge in [0, 0.05) is 24.0 Å². The smallest absolute Gasteiger partial charge is 0.144 e. The Morgan fingerprint density at radius 2 is 2.00 bits per heavy atom. The lowest BCUT2D eigenvalue weighted by molar-refractivity contribution is 1.02. The molecule has 2 aromatic heterocycles. The average molecular weight is 238 g/mol. The van der Waals surface area contributed by atoms with E-state index in [0.29, 0.717) is 6.54 Å². The SMILES string of the molecule is NCc1nc(-c2cccc(N)c2)n2ccccc12. The van der Waals surface area contributed by atoms with E-state index in [1.165, 1.54) is 0 Å². The topological polar surface area (TPSA) is 69.3 Å². The van der Waals surface area contributed by atoms with Crippen molar-refractivity contribution in [1.82, 2.24) is 9.38 Å². The summed E-state index contributed by atoms with van der Waals surface area (Å²) in [7, 11) is 0. The molecule has 0 aliphatic rings. The van der Waals surface area contributed by atoms with Crippen LogP contribution in [0.1, 0.15) is 5.69 Å². The van der Waals surface area contributed by atoms with Crippen molar-refractivity contribution in [2.45, 2.75) is 6.54 Å². The molecule has 0 amide bonds. The molecule has 0 unspecified atom stereocenters. The van der Waals surface area contributed by atoms with Gasteiger partial charge in [0.2, 0.25) is 0 Å².